The molecule has 0 aliphatic carbocycles. The third-order valence-corrected chi connectivity index (χ3v) is 6.43. The maximum atomic E-state index is 12.8. The number of carbonyl (C=O) groups excluding carboxylic acids is 1. The van der Waals surface area contributed by atoms with Crippen LogP contribution in [-0.4, -0.2) is 28.8 Å². The number of anilines is 2. The minimum absolute atomic E-state index is 0.0290. The predicted octanol–water partition coefficient (Wildman–Crippen LogP) is 4.27. The molecule has 6 heteroatoms. The molecule has 4 rings (SSSR count). The molecule has 0 spiro atoms. The number of amides is 1. The van der Waals surface area contributed by atoms with Crippen molar-refractivity contribution in [2.24, 2.45) is 5.92 Å². The normalized spacial score (nSPS) is 14.4. The number of hydrogen-bond acceptors (Lipinski definition) is 4. The first-order valence-corrected chi connectivity index (χ1v) is 11.3. The average molecular weight is 431 g/mol. The van der Waals surface area contributed by atoms with Gasteiger partial charge in [-0.2, -0.15) is 4.68 Å². The number of carbonyl (C=O) groups is 1. The van der Waals surface area contributed by atoms with Crippen LogP contribution in [0, 0.1) is 19.8 Å². The van der Waals surface area contributed by atoms with Crippen LogP contribution in [0.3, 0.4) is 0 Å². The van der Waals surface area contributed by atoms with E-state index < -0.39 is 0 Å². The fraction of sp³-hybridized carbons (Fsp3) is 0.346. The zero-order valence-electron chi connectivity index (χ0n) is 19.0. The summed E-state index contributed by atoms with van der Waals surface area (Å²) in [5.74, 6) is 0.809. The lowest BCUT2D eigenvalue weighted by Crippen LogP contribution is -2.39. The number of piperidine rings is 1. The van der Waals surface area contributed by atoms with Crippen LogP contribution in [0.15, 0.2) is 59.4 Å². The van der Waals surface area contributed by atoms with Crippen molar-refractivity contribution in [2.45, 2.75) is 40.0 Å². The summed E-state index contributed by atoms with van der Waals surface area (Å²) in [5.41, 5.74) is 5.00. The molecule has 0 unspecified atom stereocenters. The van der Waals surface area contributed by atoms with E-state index in [4.69, 9.17) is 0 Å². The van der Waals surface area contributed by atoms with Crippen LogP contribution in [-0.2, 0) is 11.2 Å². The number of nitrogens with one attached hydrogen (secondary N) is 1. The van der Waals surface area contributed by atoms with E-state index in [1.165, 1.54) is 15.8 Å². The molecule has 6 nitrogen and oxygen atoms in total. The Bertz CT molecular complexity index is 1160. The van der Waals surface area contributed by atoms with E-state index in [1.807, 2.05) is 56.3 Å². The zero-order valence-corrected chi connectivity index (χ0v) is 19.0. The fourth-order valence-electron chi connectivity index (χ4n) is 4.12. The van der Waals surface area contributed by atoms with Gasteiger partial charge in [-0.25, -0.2) is 0 Å². The average Bonchev–Trinajstić information content (AvgIpc) is 2.82. The highest BCUT2D eigenvalue weighted by atomic mass is 16.2. The number of aromatic nitrogens is 2. The van der Waals surface area contributed by atoms with Crippen molar-refractivity contribution in [2.75, 3.05) is 23.3 Å². The quantitative estimate of drug-likeness (QED) is 0.657. The minimum Gasteiger partial charge on any atom is -0.355 e. The number of hydrogen-bond donors (Lipinski definition) is 1. The van der Waals surface area contributed by atoms with E-state index in [0.717, 1.165) is 55.1 Å². The molecule has 32 heavy (non-hydrogen) atoms. The SMILES string of the molecule is CCc1ccc(-n2nc(N3CCC(C(=O)Nc4cccc(C)c4C)CC3)ccc2=O)cc1. The van der Waals surface area contributed by atoms with E-state index >= 15 is 0 Å². The fourth-order valence-corrected chi connectivity index (χ4v) is 4.12. The van der Waals surface area contributed by atoms with Crippen LogP contribution in [0.1, 0.15) is 36.5 Å². The van der Waals surface area contributed by atoms with Crippen LogP contribution in [0.2, 0.25) is 0 Å². The Morgan fingerprint density at radius 1 is 1.03 bits per heavy atom. The number of benzene rings is 2. The number of rotatable bonds is 5. The van der Waals surface area contributed by atoms with Gasteiger partial charge in [-0.05, 0) is 74.1 Å². The molecule has 1 N–H and O–H groups in total. The highest BCUT2D eigenvalue weighted by Crippen LogP contribution is 2.24. The first-order valence-electron chi connectivity index (χ1n) is 11.3. The van der Waals surface area contributed by atoms with Gasteiger partial charge in [0.25, 0.3) is 5.56 Å². The molecule has 2 heterocycles. The lowest BCUT2D eigenvalue weighted by atomic mass is 9.95. The van der Waals surface area contributed by atoms with Crippen LogP contribution in [0.25, 0.3) is 5.69 Å². The largest absolute Gasteiger partial charge is 0.355 e. The summed E-state index contributed by atoms with van der Waals surface area (Å²) in [7, 11) is 0. The van der Waals surface area contributed by atoms with E-state index in [9.17, 15) is 9.59 Å². The highest BCUT2D eigenvalue weighted by molar-refractivity contribution is 5.93. The summed E-state index contributed by atoms with van der Waals surface area (Å²) in [6.07, 6.45) is 2.46. The highest BCUT2D eigenvalue weighted by Gasteiger charge is 2.26. The van der Waals surface area contributed by atoms with Crippen molar-refractivity contribution >= 4 is 17.4 Å². The van der Waals surface area contributed by atoms with E-state index in [-0.39, 0.29) is 17.4 Å². The molecule has 1 aliphatic heterocycles. The van der Waals surface area contributed by atoms with Gasteiger partial charge in [0.2, 0.25) is 5.91 Å². The van der Waals surface area contributed by atoms with Gasteiger partial charge in [0, 0.05) is 30.8 Å². The smallest absolute Gasteiger partial charge is 0.271 e. The first-order chi connectivity index (χ1) is 15.5. The molecule has 2 aromatic carbocycles. The number of aryl methyl sites for hydroxylation is 2. The Morgan fingerprint density at radius 2 is 1.75 bits per heavy atom. The van der Waals surface area contributed by atoms with Crippen LogP contribution in [0.5, 0.6) is 0 Å². The van der Waals surface area contributed by atoms with Gasteiger partial charge in [0.1, 0.15) is 5.82 Å². The van der Waals surface area contributed by atoms with Crippen LogP contribution >= 0.6 is 0 Å². The first kappa shape index (κ1) is 21.8. The maximum Gasteiger partial charge on any atom is 0.271 e. The minimum atomic E-state index is -0.152. The summed E-state index contributed by atoms with van der Waals surface area (Å²) in [5, 5.41) is 7.71. The number of nitrogens with zero attached hydrogens (tertiary/aromatic N) is 3. The molecule has 1 aliphatic rings. The van der Waals surface area contributed by atoms with Gasteiger partial charge in [-0.1, -0.05) is 31.2 Å². The van der Waals surface area contributed by atoms with Crippen molar-refractivity contribution in [1.29, 1.82) is 0 Å². The Hall–Kier alpha value is -3.41. The topological polar surface area (TPSA) is 67.2 Å². The monoisotopic (exact) mass is 430 g/mol. The van der Waals surface area contributed by atoms with Crippen molar-refractivity contribution in [3.63, 3.8) is 0 Å². The maximum absolute atomic E-state index is 12.8. The van der Waals surface area contributed by atoms with E-state index in [1.54, 1.807) is 12.1 Å². The summed E-state index contributed by atoms with van der Waals surface area (Å²) in [6.45, 7) is 7.64. The van der Waals surface area contributed by atoms with E-state index in [2.05, 4.69) is 22.2 Å². The molecule has 1 fully saturated rings. The summed E-state index contributed by atoms with van der Waals surface area (Å²) in [6, 6.07) is 17.2. The summed E-state index contributed by atoms with van der Waals surface area (Å²) < 4.78 is 1.45. The van der Waals surface area contributed by atoms with E-state index in [0.29, 0.717) is 0 Å². The molecule has 1 saturated heterocycles. The van der Waals surface area contributed by atoms with Crippen LogP contribution in [0.4, 0.5) is 11.5 Å². The van der Waals surface area contributed by atoms with Gasteiger partial charge in [0.05, 0.1) is 5.69 Å². The predicted molar refractivity (Wildman–Crippen MR) is 129 cm³/mol. The molecule has 0 bridgehead atoms. The molecule has 1 aromatic heterocycles. The molecule has 1 amide bonds. The lowest BCUT2D eigenvalue weighted by molar-refractivity contribution is -0.120. The second-order valence-corrected chi connectivity index (χ2v) is 8.46. The van der Waals surface area contributed by atoms with Gasteiger partial charge < -0.3 is 10.2 Å². The Kier molecular flexibility index (Phi) is 6.40. The second kappa shape index (κ2) is 9.39. The third kappa shape index (κ3) is 4.59. The van der Waals surface area contributed by atoms with Crippen molar-refractivity contribution in [3.05, 3.63) is 81.6 Å². The molecule has 0 atom stereocenters. The molecule has 166 valence electrons. The van der Waals surface area contributed by atoms with Gasteiger partial charge >= 0.3 is 0 Å². The second-order valence-electron chi connectivity index (χ2n) is 8.46. The Balaban J connectivity index is 1.43. The van der Waals surface area contributed by atoms with Crippen LogP contribution < -0.4 is 15.8 Å². The molecule has 0 saturated carbocycles. The molecular weight excluding hydrogens is 400 g/mol. The summed E-state index contributed by atoms with van der Waals surface area (Å²) in [4.78, 5) is 27.4. The third-order valence-electron chi connectivity index (χ3n) is 6.43. The van der Waals surface area contributed by atoms with Crippen molar-refractivity contribution in [1.82, 2.24) is 9.78 Å². The molecule has 3 aromatic rings. The van der Waals surface area contributed by atoms with Crippen molar-refractivity contribution < 1.29 is 4.79 Å². The lowest BCUT2D eigenvalue weighted by Gasteiger charge is -2.32. The van der Waals surface area contributed by atoms with Gasteiger partial charge in [-0.3, -0.25) is 9.59 Å². The molecule has 0 radical (unpaired) electrons. The van der Waals surface area contributed by atoms with Gasteiger partial charge in [-0.15, -0.1) is 5.10 Å². The van der Waals surface area contributed by atoms with Crippen molar-refractivity contribution in [3.8, 4) is 5.69 Å². The Labute approximate surface area is 188 Å². The summed E-state index contributed by atoms with van der Waals surface area (Å²) >= 11 is 0. The Morgan fingerprint density at radius 3 is 2.44 bits per heavy atom. The zero-order chi connectivity index (χ0) is 22.7. The van der Waals surface area contributed by atoms with Gasteiger partial charge in [0.15, 0.2) is 0 Å². The molecular formula is C26H30N4O2. The standard InChI is InChI=1S/C26H30N4O2/c1-4-20-8-10-22(11-9-20)30-25(31)13-12-24(28-30)29-16-14-21(15-17-29)26(32)27-23-7-5-6-18(2)19(23)3/h5-13,21H,4,14-17H2,1-3H3,(H,27,32).